The molecule has 0 aromatic rings. The van der Waals surface area contributed by atoms with Crippen molar-refractivity contribution in [3.05, 3.63) is 12.7 Å². The van der Waals surface area contributed by atoms with Crippen LogP contribution in [0.25, 0.3) is 0 Å². The Balaban J connectivity index is -0.000000144. The molecule has 0 heterocycles. The van der Waals surface area contributed by atoms with Crippen LogP contribution in [0.4, 0.5) is 0 Å². The Morgan fingerprint density at radius 3 is 1.13 bits per heavy atom. The van der Waals surface area contributed by atoms with E-state index in [-0.39, 0.29) is 12.8 Å². The van der Waals surface area contributed by atoms with Crippen LogP contribution in [0.15, 0.2) is 12.7 Å². The van der Waals surface area contributed by atoms with Crippen molar-refractivity contribution in [2.24, 2.45) is 0 Å². The van der Waals surface area contributed by atoms with E-state index in [1.54, 1.807) is 13.8 Å². The third-order valence-electron chi connectivity index (χ3n) is 0.780. The van der Waals surface area contributed by atoms with Gasteiger partial charge in [-0.05, 0) is 0 Å². The fourth-order valence-electron chi connectivity index (χ4n) is 0. The zero-order valence-electron chi connectivity index (χ0n) is 8.77. The van der Waals surface area contributed by atoms with Crippen LogP contribution in [-0.2, 0) is 14.4 Å². The van der Waals surface area contributed by atoms with Crippen LogP contribution < -0.4 is 0 Å². The largest absolute Gasteiger partial charge is 0.481 e. The third kappa shape index (κ3) is 72.7. The minimum Gasteiger partial charge on any atom is -0.481 e. The summed E-state index contributed by atoms with van der Waals surface area (Å²) in [5.74, 6) is -2.47. The molecule has 0 bridgehead atoms. The second-order valence-corrected chi connectivity index (χ2v) is 2.04. The molecule has 0 fully saturated rings. The van der Waals surface area contributed by atoms with Crippen molar-refractivity contribution in [1.82, 2.24) is 0 Å². The molecule has 0 aliphatic rings. The van der Waals surface area contributed by atoms with Crippen molar-refractivity contribution in [3.8, 4) is 0 Å². The molecule has 0 amide bonds. The summed E-state index contributed by atoms with van der Waals surface area (Å²) in [6.07, 6.45) is 1.28. The molecule has 0 aromatic carbocycles. The maximum Gasteiger partial charge on any atom is 0.327 e. The molecule has 0 saturated heterocycles. The molecule has 0 aliphatic heterocycles. The van der Waals surface area contributed by atoms with Crippen molar-refractivity contribution in [2.75, 3.05) is 0 Å². The van der Waals surface area contributed by atoms with E-state index < -0.39 is 17.9 Å². The van der Waals surface area contributed by atoms with Crippen molar-refractivity contribution in [3.63, 3.8) is 0 Å². The lowest BCUT2D eigenvalue weighted by Crippen LogP contribution is -1.86. The second-order valence-electron chi connectivity index (χ2n) is 2.04. The normalized spacial score (nSPS) is 7.07. The molecule has 88 valence electrons. The van der Waals surface area contributed by atoms with Crippen LogP contribution >= 0.6 is 0 Å². The first-order chi connectivity index (χ1) is 6.81. The number of hydrogen-bond donors (Lipinski definition) is 3. The topological polar surface area (TPSA) is 112 Å². The molecule has 6 nitrogen and oxygen atoms in total. The van der Waals surface area contributed by atoms with Crippen LogP contribution in [0.5, 0.6) is 0 Å². The minimum atomic E-state index is -0.981. The molecule has 0 atom stereocenters. The Morgan fingerprint density at radius 2 is 1.13 bits per heavy atom. The van der Waals surface area contributed by atoms with Gasteiger partial charge in [0, 0.05) is 18.9 Å². The van der Waals surface area contributed by atoms with E-state index in [9.17, 15) is 14.4 Å². The second kappa shape index (κ2) is 14.7. The van der Waals surface area contributed by atoms with Crippen molar-refractivity contribution >= 4 is 17.9 Å². The summed E-state index contributed by atoms with van der Waals surface area (Å²) in [6, 6.07) is 0. The molecule has 6 heteroatoms. The van der Waals surface area contributed by atoms with E-state index in [2.05, 4.69) is 6.58 Å². The van der Waals surface area contributed by atoms with Crippen LogP contribution in [0, 0.1) is 0 Å². The molecular formula is C9H16O6. The van der Waals surface area contributed by atoms with Gasteiger partial charge < -0.3 is 15.3 Å². The summed E-state index contributed by atoms with van der Waals surface area (Å²) in [7, 11) is 0. The zero-order valence-corrected chi connectivity index (χ0v) is 8.77. The van der Waals surface area contributed by atoms with Gasteiger partial charge in [0.25, 0.3) is 0 Å². The van der Waals surface area contributed by atoms with Crippen LogP contribution in [0.1, 0.15) is 26.7 Å². The number of carboxylic acids is 3. The monoisotopic (exact) mass is 220 g/mol. The smallest absolute Gasteiger partial charge is 0.327 e. The maximum atomic E-state index is 9.37. The summed E-state index contributed by atoms with van der Waals surface area (Å²) in [4.78, 5) is 28.0. The molecule has 0 spiro atoms. The molecular weight excluding hydrogens is 204 g/mol. The highest BCUT2D eigenvalue weighted by Gasteiger charge is 1.81. The highest BCUT2D eigenvalue weighted by molar-refractivity contribution is 5.78. The molecule has 15 heavy (non-hydrogen) atoms. The summed E-state index contributed by atoms with van der Waals surface area (Å²) in [5.41, 5.74) is 0. The van der Waals surface area contributed by atoms with Gasteiger partial charge in [0.05, 0.1) is 0 Å². The molecule has 0 rings (SSSR count). The van der Waals surface area contributed by atoms with E-state index in [1.807, 2.05) is 0 Å². The Hall–Kier alpha value is -1.85. The van der Waals surface area contributed by atoms with E-state index in [0.29, 0.717) is 0 Å². The highest BCUT2D eigenvalue weighted by Crippen LogP contribution is 1.67. The molecule has 0 aliphatic carbocycles. The van der Waals surface area contributed by atoms with Crippen LogP contribution in [0.3, 0.4) is 0 Å². The van der Waals surface area contributed by atoms with Gasteiger partial charge in [-0.1, -0.05) is 20.4 Å². The van der Waals surface area contributed by atoms with Gasteiger partial charge in [-0.15, -0.1) is 0 Å². The number of aliphatic carboxylic acids is 3. The minimum absolute atomic E-state index is 0.222. The van der Waals surface area contributed by atoms with Crippen molar-refractivity contribution in [2.45, 2.75) is 26.7 Å². The van der Waals surface area contributed by atoms with Crippen molar-refractivity contribution in [1.29, 1.82) is 0 Å². The van der Waals surface area contributed by atoms with Gasteiger partial charge in [0.2, 0.25) is 0 Å². The molecule has 0 saturated carbocycles. The summed E-state index contributed by atoms with van der Waals surface area (Å²) < 4.78 is 0. The Labute approximate surface area is 87.8 Å². The number of rotatable bonds is 3. The summed E-state index contributed by atoms with van der Waals surface area (Å²) >= 11 is 0. The lowest BCUT2D eigenvalue weighted by molar-refractivity contribution is -0.137. The van der Waals surface area contributed by atoms with E-state index >= 15 is 0 Å². The first-order valence-corrected chi connectivity index (χ1v) is 4.10. The lowest BCUT2D eigenvalue weighted by Gasteiger charge is -1.71. The molecule has 3 N–H and O–H groups in total. The number of carbonyl (C=O) groups is 3. The van der Waals surface area contributed by atoms with Gasteiger partial charge in [0.15, 0.2) is 0 Å². The standard InChI is InChI=1S/2C3H6O2.C3H4O2/c3*1-2-3(4)5/h2*2H2,1H3,(H,4,5);2H,1H2,(H,4,5). The zero-order chi connectivity index (χ0) is 12.9. The third-order valence-corrected chi connectivity index (χ3v) is 0.780. The Kier molecular flexibility index (Phi) is 18.4. The Morgan fingerprint density at radius 1 is 1.00 bits per heavy atom. The average Bonchev–Trinajstić information content (AvgIpc) is 2.19. The first-order valence-electron chi connectivity index (χ1n) is 4.10. The van der Waals surface area contributed by atoms with Gasteiger partial charge in [-0.3, -0.25) is 9.59 Å². The lowest BCUT2D eigenvalue weighted by atomic mass is 10.5. The summed E-state index contributed by atoms with van der Waals surface area (Å²) in [6.45, 7) is 6.16. The summed E-state index contributed by atoms with van der Waals surface area (Å²) in [5, 5.41) is 23.0. The quantitative estimate of drug-likeness (QED) is 0.616. The van der Waals surface area contributed by atoms with Gasteiger partial charge in [-0.2, -0.15) is 0 Å². The molecule has 0 unspecified atom stereocenters. The Bertz CT molecular complexity index is 195. The van der Waals surface area contributed by atoms with E-state index in [1.165, 1.54) is 0 Å². The average molecular weight is 220 g/mol. The maximum absolute atomic E-state index is 9.37. The number of hydrogen-bond acceptors (Lipinski definition) is 3. The van der Waals surface area contributed by atoms with Crippen LogP contribution in [0.2, 0.25) is 0 Å². The fourth-order valence-corrected chi connectivity index (χ4v) is 0. The van der Waals surface area contributed by atoms with E-state index in [0.717, 1.165) is 6.08 Å². The highest BCUT2D eigenvalue weighted by atomic mass is 16.4. The SMILES string of the molecule is C=CC(=O)O.CCC(=O)O.CCC(=O)O. The first kappa shape index (κ1) is 18.8. The van der Waals surface area contributed by atoms with Gasteiger partial charge in [-0.25, -0.2) is 4.79 Å². The van der Waals surface area contributed by atoms with E-state index in [4.69, 9.17) is 15.3 Å². The van der Waals surface area contributed by atoms with Crippen LogP contribution in [-0.4, -0.2) is 33.2 Å². The van der Waals surface area contributed by atoms with Gasteiger partial charge >= 0.3 is 17.9 Å². The molecule has 0 aromatic heterocycles. The number of carboxylic acid groups (broad SMARTS) is 3. The van der Waals surface area contributed by atoms with Crippen molar-refractivity contribution < 1.29 is 29.7 Å². The predicted molar refractivity (Wildman–Crippen MR) is 53.7 cm³/mol. The van der Waals surface area contributed by atoms with Gasteiger partial charge in [0.1, 0.15) is 0 Å². The fraction of sp³-hybridized carbons (Fsp3) is 0.444. The predicted octanol–water partition coefficient (Wildman–Crippen LogP) is 1.22. The molecule has 0 radical (unpaired) electrons.